The first-order chi connectivity index (χ1) is 25.8. The van der Waals surface area contributed by atoms with E-state index in [0.717, 1.165) is 0 Å². The summed E-state index contributed by atoms with van der Waals surface area (Å²) >= 11 is 0. The fourth-order valence-corrected chi connectivity index (χ4v) is 7.85. The number of nitrogens with zero attached hydrogens (tertiary/aromatic N) is 2. The van der Waals surface area contributed by atoms with Crippen LogP contribution in [0.5, 0.6) is 0 Å². The topological polar surface area (TPSA) is 183 Å². The molecule has 14 nitrogen and oxygen atoms in total. The SMILES string of the molecule is CCCC(NC(=O)C1C2C(CN1C(=O)CC1CCC(F)(F)CC1NC(=O)OCC(C)C)C2(C)C)C(=O)C(=O)NCC(=O)N[C@H](C(=O)N(C)C)c1ccccc1. The molecule has 0 aromatic heterocycles. The lowest BCUT2D eigenvalue weighted by Crippen LogP contribution is -2.56. The van der Waals surface area contributed by atoms with E-state index in [0.29, 0.717) is 12.0 Å². The lowest BCUT2D eigenvalue weighted by Gasteiger charge is -2.38. The van der Waals surface area contributed by atoms with E-state index in [-0.39, 0.29) is 55.6 Å². The number of hydrogen-bond acceptors (Lipinski definition) is 8. The average molecular weight is 775 g/mol. The second-order valence-electron chi connectivity index (χ2n) is 16.3. The van der Waals surface area contributed by atoms with Gasteiger partial charge in [-0.25, -0.2) is 13.6 Å². The summed E-state index contributed by atoms with van der Waals surface area (Å²) in [5.74, 6) is -8.07. The molecule has 3 fully saturated rings. The van der Waals surface area contributed by atoms with Crippen LogP contribution in [-0.2, 0) is 33.5 Å². The van der Waals surface area contributed by atoms with Gasteiger partial charge in [-0.05, 0) is 47.5 Å². The molecule has 16 heteroatoms. The Morgan fingerprint density at radius 3 is 2.31 bits per heavy atom. The van der Waals surface area contributed by atoms with E-state index in [1.165, 1.54) is 9.80 Å². The molecule has 4 rings (SSSR count). The average Bonchev–Trinajstić information content (AvgIpc) is 3.42. The van der Waals surface area contributed by atoms with Gasteiger partial charge >= 0.3 is 6.09 Å². The van der Waals surface area contributed by atoms with Gasteiger partial charge in [0.05, 0.1) is 19.2 Å². The number of halogens is 2. The highest BCUT2D eigenvalue weighted by Crippen LogP contribution is 2.65. The largest absolute Gasteiger partial charge is 0.449 e. The van der Waals surface area contributed by atoms with Crippen LogP contribution in [0, 0.1) is 29.1 Å². The highest BCUT2D eigenvalue weighted by Gasteiger charge is 2.69. The quantitative estimate of drug-likeness (QED) is 0.185. The molecule has 4 N–H and O–H groups in total. The molecule has 1 aliphatic heterocycles. The second kappa shape index (κ2) is 17.9. The lowest BCUT2D eigenvalue weighted by atomic mass is 9.80. The maximum absolute atomic E-state index is 14.5. The Hall–Kier alpha value is -4.63. The smallest absolute Gasteiger partial charge is 0.407 e. The van der Waals surface area contributed by atoms with Crippen molar-refractivity contribution >= 4 is 41.4 Å². The molecular weight excluding hydrogens is 718 g/mol. The van der Waals surface area contributed by atoms with Crippen LogP contribution < -0.4 is 21.3 Å². The van der Waals surface area contributed by atoms with Crippen LogP contribution in [0.3, 0.4) is 0 Å². The third-order valence-corrected chi connectivity index (χ3v) is 11.0. The van der Waals surface area contributed by atoms with Gasteiger partial charge in [-0.3, -0.25) is 28.8 Å². The Morgan fingerprint density at radius 2 is 1.69 bits per heavy atom. The molecule has 0 radical (unpaired) electrons. The van der Waals surface area contributed by atoms with Crippen LogP contribution in [0.4, 0.5) is 13.6 Å². The Morgan fingerprint density at radius 1 is 1.02 bits per heavy atom. The zero-order valence-electron chi connectivity index (χ0n) is 32.8. The molecule has 7 atom stereocenters. The molecule has 304 valence electrons. The van der Waals surface area contributed by atoms with Gasteiger partial charge in [0.1, 0.15) is 12.1 Å². The first-order valence-corrected chi connectivity index (χ1v) is 19.1. The van der Waals surface area contributed by atoms with E-state index in [1.807, 2.05) is 27.7 Å². The van der Waals surface area contributed by atoms with E-state index in [4.69, 9.17) is 4.74 Å². The van der Waals surface area contributed by atoms with Gasteiger partial charge in [0.25, 0.3) is 5.91 Å². The third-order valence-electron chi connectivity index (χ3n) is 11.0. The number of likely N-dealkylation sites (tertiary alicyclic amines) is 1. The second-order valence-corrected chi connectivity index (χ2v) is 16.3. The summed E-state index contributed by atoms with van der Waals surface area (Å²) in [5.41, 5.74) is 0.248. The number of alkyl carbamates (subject to hydrolysis) is 1. The Balaban J connectivity index is 1.41. The minimum absolute atomic E-state index is 0.0101. The Labute approximate surface area is 321 Å². The predicted molar refractivity (Wildman–Crippen MR) is 197 cm³/mol. The molecule has 3 aliphatic rings. The van der Waals surface area contributed by atoms with Crippen molar-refractivity contribution < 1.29 is 47.1 Å². The third kappa shape index (κ3) is 10.8. The number of alkyl halides is 2. The van der Waals surface area contributed by atoms with Gasteiger partial charge in [-0.1, -0.05) is 71.4 Å². The Kier molecular flexibility index (Phi) is 14.0. The van der Waals surface area contributed by atoms with Gasteiger partial charge < -0.3 is 35.8 Å². The number of ketones is 1. The number of ether oxygens (including phenoxy) is 1. The van der Waals surface area contributed by atoms with E-state index in [2.05, 4.69) is 21.3 Å². The minimum Gasteiger partial charge on any atom is -0.449 e. The lowest BCUT2D eigenvalue weighted by molar-refractivity contribution is -0.144. The molecule has 0 spiro atoms. The van der Waals surface area contributed by atoms with Gasteiger partial charge in [0.15, 0.2) is 0 Å². The number of rotatable bonds is 16. The van der Waals surface area contributed by atoms with Gasteiger partial charge in [0, 0.05) is 45.9 Å². The number of likely N-dealkylation sites (N-methyl/N-ethyl adjacent to an activating group) is 1. The van der Waals surface area contributed by atoms with Crippen molar-refractivity contribution in [2.75, 3.05) is 33.8 Å². The molecule has 0 bridgehead atoms. The molecular formula is C39H56F2N6O8. The molecule has 6 amide bonds. The summed E-state index contributed by atoms with van der Waals surface area (Å²) in [6.07, 6.45) is -1.59. The van der Waals surface area contributed by atoms with Gasteiger partial charge in [-0.2, -0.15) is 0 Å². The summed E-state index contributed by atoms with van der Waals surface area (Å²) in [4.78, 5) is 95.2. The number of Topliss-reactive ketones (excluding diaryl/α,β-unsaturated/α-hetero) is 1. The number of fused-ring (bicyclic) bond motifs is 1. The molecule has 1 aromatic carbocycles. The summed E-state index contributed by atoms with van der Waals surface area (Å²) in [5, 5.41) is 10.1. The summed E-state index contributed by atoms with van der Waals surface area (Å²) in [7, 11) is 3.09. The minimum atomic E-state index is -3.02. The number of nitrogens with one attached hydrogen (secondary N) is 4. The predicted octanol–water partition coefficient (Wildman–Crippen LogP) is 2.96. The van der Waals surface area contributed by atoms with Crippen LogP contribution in [0.15, 0.2) is 30.3 Å². The summed E-state index contributed by atoms with van der Waals surface area (Å²) in [6, 6.07) is 4.29. The van der Waals surface area contributed by atoms with Crippen LogP contribution in [0.2, 0.25) is 0 Å². The van der Waals surface area contributed by atoms with Crippen LogP contribution in [-0.4, -0.2) is 109 Å². The van der Waals surface area contributed by atoms with Crippen molar-refractivity contribution in [1.29, 1.82) is 0 Å². The molecule has 2 aliphatic carbocycles. The molecule has 6 unspecified atom stereocenters. The van der Waals surface area contributed by atoms with Crippen LogP contribution in [0.1, 0.15) is 84.7 Å². The molecule has 1 saturated heterocycles. The van der Waals surface area contributed by atoms with E-state index in [1.54, 1.807) is 51.4 Å². The van der Waals surface area contributed by atoms with E-state index < -0.39 is 96.8 Å². The first-order valence-electron chi connectivity index (χ1n) is 19.1. The highest BCUT2D eigenvalue weighted by atomic mass is 19.3. The van der Waals surface area contributed by atoms with Crippen molar-refractivity contribution in [3.05, 3.63) is 35.9 Å². The number of benzene rings is 1. The zero-order valence-corrected chi connectivity index (χ0v) is 32.8. The Bertz CT molecular complexity index is 1610. The van der Waals surface area contributed by atoms with E-state index in [9.17, 15) is 42.3 Å². The van der Waals surface area contributed by atoms with Crippen molar-refractivity contribution in [3.8, 4) is 0 Å². The van der Waals surface area contributed by atoms with Crippen LogP contribution >= 0.6 is 0 Å². The monoisotopic (exact) mass is 774 g/mol. The van der Waals surface area contributed by atoms with Gasteiger partial charge in [0.2, 0.25) is 35.3 Å². The summed E-state index contributed by atoms with van der Waals surface area (Å²) in [6.45, 7) is 9.18. The first kappa shape index (κ1) is 43.1. The van der Waals surface area contributed by atoms with Crippen LogP contribution in [0.25, 0.3) is 0 Å². The number of amides is 6. The molecule has 55 heavy (non-hydrogen) atoms. The summed E-state index contributed by atoms with van der Waals surface area (Å²) < 4.78 is 34.1. The van der Waals surface area contributed by atoms with Crippen molar-refractivity contribution in [2.45, 2.75) is 103 Å². The standard InChI is InChI=1S/C39H56F2N6O8/c1-8-12-26(33(50)35(52)42-19-28(48)45-31(36(53)46(6)7)23-13-10-9-11-14-23)43-34(51)32-30-25(38(30,4)5)20-47(32)29(49)17-24-15-16-39(40,41)18-27(24)44-37(54)55-21-22(2)3/h9-11,13-14,22,24-27,30-32H,8,12,15-21H2,1-7H3,(H,42,52)(H,43,51)(H,44,54)(H,45,48)/t24?,25?,26?,27?,30?,31-,32?/m0/s1. The zero-order chi connectivity index (χ0) is 40.8. The van der Waals surface area contributed by atoms with E-state index >= 15 is 0 Å². The van der Waals surface area contributed by atoms with Crippen molar-refractivity contribution in [3.63, 3.8) is 0 Å². The fraction of sp³-hybridized carbons (Fsp3) is 0.667. The van der Waals surface area contributed by atoms with Crippen molar-refractivity contribution in [2.24, 2.45) is 29.1 Å². The number of hydrogen-bond donors (Lipinski definition) is 4. The maximum atomic E-state index is 14.5. The molecule has 2 saturated carbocycles. The maximum Gasteiger partial charge on any atom is 0.407 e. The van der Waals surface area contributed by atoms with Gasteiger partial charge in [-0.15, -0.1) is 0 Å². The normalized spacial score (nSPS) is 24.4. The number of piperidine rings is 1. The number of carbonyl (C=O) groups is 7. The fourth-order valence-electron chi connectivity index (χ4n) is 7.85. The molecule has 1 aromatic rings. The van der Waals surface area contributed by atoms with Crippen molar-refractivity contribution in [1.82, 2.24) is 31.1 Å². The highest BCUT2D eigenvalue weighted by molar-refractivity contribution is 6.38. The molecule has 1 heterocycles. The number of carbonyl (C=O) groups excluding carboxylic acids is 7.